The summed E-state index contributed by atoms with van der Waals surface area (Å²) in [5, 5.41) is 0. The number of nitrogens with one attached hydrogen (secondary N) is 1. The van der Waals surface area contributed by atoms with E-state index in [-0.39, 0.29) is 11.9 Å². The number of benzene rings is 2. The molecule has 0 radical (unpaired) electrons. The van der Waals surface area contributed by atoms with E-state index in [0.29, 0.717) is 31.1 Å². The molecule has 1 amide bonds. The number of carbonyl (C=O) groups is 1. The second-order valence-electron chi connectivity index (χ2n) is 7.49. The summed E-state index contributed by atoms with van der Waals surface area (Å²) in [5.74, 6) is 0.424. The topological polar surface area (TPSA) is 46.9 Å². The number of hydrogen-bond acceptors (Lipinski definition) is 3. The number of piperazine rings is 1. The lowest BCUT2D eigenvalue weighted by Crippen LogP contribution is -3.15. The van der Waals surface area contributed by atoms with Gasteiger partial charge in [0.2, 0.25) is 5.88 Å². The summed E-state index contributed by atoms with van der Waals surface area (Å²) in [6.07, 6.45) is 1.66. The van der Waals surface area contributed by atoms with Gasteiger partial charge in [0.15, 0.2) is 0 Å². The van der Waals surface area contributed by atoms with Gasteiger partial charge in [-0.3, -0.25) is 4.79 Å². The first kappa shape index (κ1) is 20.1. The van der Waals surface area contributed by atoms with Crippen LogP contribution in [0.3, 0.4) is 0 Å². The van der Waals surface area contributed by atoms with Crippen LogP contribution in [-0.4, -0.2) is 48.6 Å². The Hall–Kier alpha value is -3.18. The highest BCUT2D eigenvalue weighted by molar-refractivity contribution is 5.96. The molecule has 5 heteroatoms. The molecule has 1 aromatic heterocycles. The summed E-state index contributed by atoms with van der Waals surface area (Å²) in [5.41, 5.74) is 3.17. The molecule has 4 rings (SSSR count). The normalized spacial score (nSPS) is 14.7. The highest BCUT2D eigenvalue weighted by atomic mass is 16.5. The van der Waals surface area contributed by atoms with Crippen LogP contribution >= 0.6 is 0 Å². The Morgan fingerprint density at radius 2 is 1.57 bits per heavy atom. The molecule has 0 atom stereocenters. The van der Waals surface area contributed by atoms with Crippen molar-refractivity contribution in [1.29, 1.82) is 0 Å². The molecule has 2 heterocycles. The lowest BCUT2D eigenvalue weighted by molar-refractivity contribution is -0.929. The number of quaternary nitrogens is 1. The van der Waals surface area contributed by atoms with E-state index in [4.69, 9.17) is 4.74 Å². The van der Waals surface area contributed by atoms with Gasteiger partial charge < -0.3 is 14.5 Å². The first-order valence-corrected chi connectivity index (χ1v) is 10.6. The van der Waals surface area contributed by atoms with Crippen molar-refractivity contribution in [2.45, 2.75) is 13.0 Å². The molecule has 1 fully saturated rings. The molecule has 0 spiro atoms. The van der Waals surface area contributed by atoms with E-state index in [1.807, 2.05) is 11.8 Å². The maximum absolute atomic E-state index is 13.1. The van der Waals surface area contributed by atoms with Crippen LogP contribution in [0.15, 0.2) is 79.0 Å². The van der Waals surface area contributed by atoms with Gasteiger partial charge in [0, 0.05) is 17.3 Å². The number of ether oxygens (including phenoxy) is 1. The molecule has 154 valence electrons. The Balaban J connectivity index is 1.51. The lowest BCUT2D eigenvalue weighted by Gasteiger charge is -2.37. The summed E-state index contributed by atoms with van der Waals surface area (Å²) in [4.78, 5) is 20.7. The Kier molecular flexibility index (Phi) is 6.40. The number of nitrogens with zero attached hydrogens (tertiary/aromatic N) is 2. The molecule has 0 aliphatic carbocycles. The van der Waals surface area contributed by atoms with E-state index < -0.39 is 0 Å². The van der Waals surface area contributed by atoms with Crippen molar-refractivity contribution in [3.63, 3.8) is 0 Å². The van der Waals surface area contributed by atoms with Crippen molar-refractivity contribution in [2.75, 3.05) is 32.8 Å². The number of carbonyl (C=O) groups excluding carboxylic acids is 1. The van der Waals surface area contributed by atoms with Gasteiger partial charge in [-0.25, -0.2) is 4.98 Å². The summed E-state index contributed by atoms with van der Waals surface area (Å²) in [7, 11) is 0. The zero-order valence-corrected chi connectivity index (χ0v) is 17.3. The van der Waals surface area contributed by atoms with Crippen molar-refractivity contribution >= 4 is 5.91 Å². The zero-order chi connectivity index (χ0) is 20.8. The van der Waals surface area contributed by atoms with Crippen LogP contribution < -0.4 is 9.64 Å². The molecule has 0 saturated carbocycles. The van der Waals surface area contributed by atoms with Gasteiger partial charge in [0.05, 0.1) is 32.8 Å². The molecule has 1 N–H and O–H groups in total. The number of amides is 1. The molecule has 1 aliphatic heterocycles. The highest BCUT2D eigenvalue weighted by Crippen LogP contribution is 2.20. The molecule has 2 aromatic carbocycles. The maximum atomic E-state index is 13.1. The van der Waals surface area contributed by atoms with Gasteiger partial charge >= 0.3 is 0 Å². The van der Waals surface area contributed by atoms with Crippen molar-refractivity contribution in [1.82, 2.24) is 9.88 Å². The average Bonchev–Trinajstić information content (AvgIpc) is 2.81. The van der Waals surface area contributed by atoms with Crippen LogP contribution in [0.5, 0.6) is 5.88 Å². The minimum atomic E-state index is 0.00146. The van der Waals surface area contributed by atoms with Gasteiger partial charge in [-0.2, -0.15) is 0 Å². The number of hydrogen-bond donors (Lipinski definition) is 1. The fraction of sp³-hybridized carbons (Fsp3) is 0.280. The van der Waals surface area contributed by atoms with Crippen LogP contribution in [0.2, 0.25) is 0 Å². The molecule has 3 aromatic rings. The second-order valence-corrected chi connectivity index (χ2v) is 7.49. The summed E-state index contributed by atoms with van der Waals surface area (Å²) >= 11 is 0. The molecule has 30 heavy (non-hydrogen) atoms. The van der Waals surface area contributed by atoms with Crippen molar-refractivity contribution in [3.05, 3.63) is 95.7 Å². The predicted octanol–water partition coefficient (Wildman–Crippen LogP) is 2.61. The maximum Gasteiger partial charge on any atom is 0.259 e. The van der Waals surface area contributed by atoms with E-state index in [9.17, 15) is 4.79 Å². The van der Waals surface area contributed by atoms with E-state index >= 15 is 0 Å². The third-order valence-corrected chi connectivity index (χ3v) is 5.65. The quantitative estimate of drug-likeness (QED) is 0.690. The average molecular weight is 403 g/mol. The minimum absolute atomic E-state index is 0.00146. The molecular formula is C25H28N3O2+. The SMILES string of the molecule is CCOc1ncccc1C(=O)N1CC[NH+](C(c2ccccc2)c2ccccc2)CC1. The Morgan fingerprint density at radius 3 is 2.13 bits per heavy atom. The zero-order valence-electron chi connectivity index (χ0n) is 17.3. The third kappa shape index (κ3) is 4.36. The first-order valence-electron chi connectivity index (χ1n) is 10.6. The summed E-state index contributed by atoms with van der Waals surface area (Å²) in [6, 6.07) is 25.2. The number of pyridine rings is 1. The van der Waals surface area contributed by atoms with Gasteiger partial charge in [0.25, 0.3) is 5.91 Å². The largest absolute Gasteiger partial charge is 0.477 e. The number of aromatic nitrogens is 1. The standard InChI is InChI=1S/C25H27N3O2/c1-2-30-24-22(14-9-15-26-24)25(29)28-18-16-27(17-19-28)23(20-10-5-3-6-11-20)21-12-7-4-8-13-21/h3-15,23H,2,16-19H2,1H3/p+1. The van der Waals surface area contributed by atoms with Crippen molar-refractivity contribution in [3.8, 4) is 5.88 Å². The van der Waals surface area contributed by atoms with Gasteiger partial charge in [-0.1, -0.05) is 60.7 Å². The van der Waals surface area contributed by atoms with Crippen molar-refractivity contribution in [2.24, 2.45) is 0 Å². The van der Waals surface area contributed by atoms with Crippen LogP contribution in [0, 0.1) is 0 Å². The number of rotatable bonds is 6. The van der Waals surface area contributed by atoms with Crippen LogP contribution in [0.25, 0.3) is 0 Å². The van der Waals surface area contributed by atoms with E-state index in [2.05, 4.69) is 65.6 Å². The monoisotopic (exact) mass is 402 g/mol. The van der Waals surface area contributed by atoms with Gasteiger partial charge in [0.1, 0.15) is 11.6 Å². The molecule has 1 aliphatic rings. The molecular weight excluding hydrogens is 374 g/mol. The smallest absolute Gasteiger partial charge is 0.259 e. The predicted molar refractivity (Wildman–Crippen MR) is 117 cm³/mol. The summed E-state index contributed by atoms with van der Waals surface area (Å²) < 4.78 is 5.56. The Morgan fingerprint density at radius 1 is 0.967 bits per heavy atom. The molecule has 1 saturated heterocycles. The van der Waals surface area contributed by atoms with E-state index in [1.54, 1.807) is 18.3 Å². The molecule has 0 bridgehead atoms. The highest BCUT2D eigenvalue weighted by Gasteiger charge is 2.32. The van der Waals surface area contributed by atoms with E-state index in [1.165, 1.54) is 16.0 Å². The lowest BCUT2D eigenvalue weighted by atomic mass is 9.96. The summed E-state index contributed by atoms with van der Waals surface area (Å²) in [6.45, 7) is 5.61. The van der Waals surface area contributed by atoms with Gasteiger partial charge in [-0.15, -0.1) is 0 Å². The first-order chi connectivity index (χ1) is 14.8. The van der Waals surface area contributed by atoms with Gasteiger partial charge in [-0.05, 0) is 19.1 Å². The van der Waals surface area contributed by atoms with Crippen molar-refractivity contribution < 1.29 is 14.4 Å². The van der Waals surface area contributed by atoms with Crippen LogP contribution in [0.1, 0.15) is 34.5 Å². The third-order valence-electron chi connectivity index (χ3n) is 5.65. The molecule has 0 unspecified atom stereocenters. The van der Waals surface area contributed by atoms with E-state index in [0.717, 1.165) is 13.1 Å². The minimum Gasteiger partial charge on any atom is -0.477 e. The Labute approximate surface area is 177 Å². The van der Waals surface area contributed by atoms with Crippen LogP contribution in [0.4, 0.5) is 0 Å². The molecule has 5 nitrogen and oxygen atoms in total. The Bertz CT molecular complexity index is 915. The fourth-order valence-electron chi connectivity index (χ4n) is 4.22. The fourth-order valence-corrected chi connectivity index (χ4v) is 4.22. The second kappa shape index (κ2) is 9.55. The van der Waals surface area contributed by atoms with Crippen LogP contribution in [-0.2, 0) is 0 Å².